The molecule has 9 heteroatoms. The SMILES string of the molecule is Cc1cc(NC(=O)c2csc(C3CCN(C(=O)COc4ccc(C)c(C)c4)CC3)n2)n(C)n1. The number of carbonyl (C=O) groups is 2. The highest BCUT2D eigenvalue weighted by atomic mass is 32.1. The molecule has 1 N–H and O–H groups in total. The number of aryl methyl sites for hydroxylation is 4. The first-order valence-corrected chi connectivity index (χ1v) is 11.9. The zero-order chi connectivity index (χ0) is 23.5. The molecule has 3 heterocycles. The normalized spacial score (nSPS) is 14.4. The largest absolute Gasteiger partial charge is 0.484 e. The predicted octanol–water partition coefficient (Wildman–Crippen LogP) is 3.84. The van der Waals surface area contributed by atoms with Crippen molar-refractivity contribution in [2.45, 2.75) is 39.5 Å². The number of likely N-dealkylation sites (tertiary alicyclic amines) is 1. The first kappa shape index (κ1) is 23.0. The van der Waals surface area contributed by atoms with E-state index in [-0.39, 0.29) is 24.3 Å². The fraction of sp³-hybridized carbons (Fsp3) is 0.417. The van der Waals surface area contributed by atoms with E-state index < -0.39 is 0 Å². The summed E-state index contributed by atoms with van der Waals surface area (Å²) in [5.41, 5.74) is 3.60. The number of anilines is 1. The lowest BCUT2D eigenvalue weighted by atomic mass is 9.97. The quantitative estimate of drug-likeness (QED) is 0.595. The van der Waals surface area contributed by atoms with Crippen LogP contribution in [0.15, 0.2) is 29.6 Å². The van der Waals surface area contributed by atoms with Crippen molar-refractivity contribution in [2.75, 3.05) is 25.0 Å². The number of rotatable bonds is 6. The van der Waals surface area contributed by atoms with Gasteiger partial charge < -0.3 is 15.0 Å². The Hall–Kier alpha value is -3.20. The van der Waals surface area contributed by atoms with Crippen LogP contribution in [0.3, 0.4) is 0 Å². The van der Waals surface area contributed by atoms with Crippen LogP contribution in [0.5, 0.6) is 5.75 Å². The van der Waals surface area contributed by atoms with Crippen LogP contribution in [0, 0.1) is 20.8 Å². The molecule has 0 spiro atoms. The summed E-state index contributed by atoms with van der Waals surface area (Å²) < 4.78 is 7.34. The van der Waals surface area contributed by atoms with Crippen molar-refractivity contribution in [3.05, 3.63) is 57.2 Å². The minimum absolute atomic E-state index is 0.00245. The molecule has 2 amide bonds. The minimum atomic E-state index is -0.239. The molecule has 1 aliphatic rings. The number of piperidine rings is 1. The average molecular weight is 468 g/mol. The topological polar surface area (TPSA) is 89.4 Å². The summed E-state index contributed by atoms with van der Waals surface area (Å²) in [6.45, 7) is 7.33. The first-order valence-electron chi connectivity index (χ1n) is 11.1. The highest BCUT2D eigenvalue weighted by Gasteiger charge is 2.26. The van der Waals surface area contributed by atoms with E-state index in [1.165, 1.54) is 16.9 Å². The van der Waals surface area contributed by atoms with Gasteiger partial charge in [0.1, 0.15) is 17.3 Å². The maximum absolute atomic E-state index is 12.6. The number of ether oxygens (including phenoxy) is 1. The number of aromatic nitrogens is 3. The molecule has 174 valence electrons. The van der Waals surface area contributed by atoms with Crippen LogP contribution in [-0.4, -0.2) is 51.2 Å². The van der Waals surface area contributed by atoms with Gasteiger partial charge in [-0.3, -0.25) is 14.3 Å². The number of hydrogen-bond donors (Lipinski definition) is 1. The highest BCUT2D eigenvalue weighted by molar-refractivity contribution is 7.10. The van der Waals surface area contributed by atoms with Crippen molar-refractivity contribution in [3.63, 3.8) is 0 Å². The van der Waals surface area contributed by atoms with Gasteiger partial charge in [-0.1, -0.05) is 6.07 Å². The van der Waals surface area contributed by atoms with Crippen LogP contribution in [0.1, 0.15) is 51.1 Å². The summed E-state index contributed by atoms with van der Waals surface area (Å²) in [5, 5.41) is 9.84. The van der Waals surface area contributed by atoms with Gasteiger partial charge in [-0.2, -0.15) is 5.10 Å². The van der Waals surface area contributed by atoms with Crippen molar-refractivity contribution in [1.82, 2.24) is 19.7 Å². The average Bonchev–Trinajstić information content (AvgIpc) is 3.41. The van der Waals surface area contributed by atoms with E-state index >= 15 is 0 Å². The molecular weight excluding hydrogens is 438 g/mol. The van der Waals surface area contributed by atoms with Gasteiger partial charge in [0, 0.05) is 37.5 Å². The zero-order valence-corrected chi connectivity index (χ0v) is 20.2. The third-order valence-electron chi connectivity index (χ3n) is 6.04. The summed E-state index contributed by atoms with van der Waals surface area (Å²) >= 11 is 1.50. The molecule has 0 radical (unpaired) electrons. The summed E-state index contributed by atoms with van der Waals surface area (Å²) in [4.78, 5) is 31.6. The monoisotopic (exact) mass is 467 g/mol. The molecule has 0 unspecified atom stereocenters. The van der Waals surface area contributed by atoms with Gasteiger partial charge in [0.2, 0.25) is 0 Å². The smallest absolute Gasteiger partial charge is 0.276 e. The fourth-order valence-electron chi connectivity index (χ4n) is 3.90. The number of nitrogens with one attached hydrogen (secondary N) is 1. The molecular formula is C24H29N5O3S. The van der Waals surface area contributed by atoms with Crippen LogP contribution in [0.25, 0.3) is 0 Å². The number of nitrogens with zero attached hydrogens (tertiary/aromatic N) is 4. The Balaban J connectivity index is 1.27. The Morgan fingerprint density at radius 2 is 1.91 bits per heavy atom. The number of benzene rings is 1. The van der Waals surface area contributed by atoms with E-state index in [0.717, 1.165) is 34.9 Å². The molecule has 8 nitrogen and oxygen atoms in total. The van der Waals surface area contributed by atoms with E-state index in [1.807, 2.05) is 49.9 Å². The molecule has 0 atom stereocenters. The third-order valence-corrected chi connectivity index (χ3v) is 7.04. The van der Waals surface area contributed by atoms with Crippen molar-refractivity contribution in [3.8, 4) is 5.75 Å². The third kappa shape index (κ3) is 5.42. The molecule has 3 aromatic rings. The molecule has 2 aromatic heterocycles. The second-order valence-electron chi connectivity index (χ2n) is 8.51. The molecule has 1 fully saturated rings. The van der Waals surface area contributed by atoms with E-state index in [9.17, 15) is 9.59 Å². The van der Waals surface area contributed by atoms with Gasteiger partial charge in [0.15, 0.2) is 6.61 Å². The van der Waals surface area contributed by atoms with Gasteiger partial charge in [-0.05, 0) is 56.9 Å². The second-order valence-corrected chi connectivity index (χ2v) is 9.40. The lowest BCUT2D eigenvalue weighted by Crippen LogP contribution is -2.40. The van der Waals surface area contributed by atoms with Gasteiger partial charge in [-0.15, -0.1) is 11.3 Å². The molecule has 1 aromatic carbocycles. The number of hydrogen-bond acceptors (Lipinski definition) is 6. The number of thiazole rings is 1. The Morgan fingerprint density at radius 1 is 1.15 bits per heavy atom. The summed E-state index contributed by atoms with van der Waals surface area (Å²) in [5.74, 6) is 1.37. The highest BCUT2D eigenvalue weighted by Crippen LogP contribution is 2.30. The maximum Gasteiger partial charge on any atom is 0.276 e. The van der Waals surface area contributed by atoms with Crippen LogP contribution in [0.4, 0.5) is 5.82 Å². The van der Waals surface area contributed by atoms with E-state index in [1.54, 1.807) is 17.1 Å². The molecule has 0 bridgehead atoms. The van der Waals surface area contributed by atoms with E-state index in [0.29, 0.717) is 24.6 Å². The predicted molar refractivity (Wildman–Crippen MR) is 128 cm³/mol. The van der Waals surface area contributed by atoms with Crippen LogP contribution in [-0.2, 0) is 11.8 Å². The van der Waals surface area contributed by atoms with Crippen molar-refractivity contribution < 1.29 is 14.3 Å². The molecule has 0 aliphatic carbocycles. The zero-order valence-electron chi connectivity index (χ0n) is 19.4. The minimum Gasteiger partial charge on any atom is -0.484 e. The summed E-state index contributed by atoms with van der Waals surface area (Å²) in [6, 6.07) is 7.68. The Labute approximate surface area is 197 Å². The van der Waals surface area contributed by atoms with Crippen molar-refractivity contribution in [1.29, 1.82) is 0 Å². The Kier molecular flexibility index (Phi) is 6.78. The van der Waals surface area contributed by atoms with E-state index in [4.69, 9.17) is 4.74 Å². The number of carbonyl (C=O) groups excluding carboxylic acids is 2. The number of amides is 2. The van der Waals surface area contributed by atoms with Gasteiger partial charge in [0.25, 0.3) is 11.8 Å². The molecule has 4 rings (SSSR count). The molecule has 33 heavy (non-hydrogen) atoms. The second kappa shape index (κ2) is 9.74. The van der Waals surface area contributed by atoms with Gasteiger partial charge >= 0.3 is 0 Å². The summed E-state index contributed by atoms with van der Waals surface area (Å²) in [7, 11) is 1.79. The lowest BCUT2D eigenvalue weighted by Gasteiger charge is -2.31. The van der Waals surface area contributed by atoms with Gasteiger partial charge in [-0.25, -0.2) is 4.98 Å². The Morgan fingerprint density at radius 3 is 2.58 bits per heavy atom. The van der Waals surface area contributed by atoms with E-state index in [2.05, 4.69) is 15.4 Å². The Bertz CT molecular complexity index is 1160. The van der Waals surface area contributed by atoms with Crippen molar-refractivity contribution in [2.24, 2.45) is 7.05 Å². The molecule has 1 aliphatic heterocycles. The first-order chi connectivity index (χ1) is 15.8. The van der Waals surface area contributed by atoms with Crippen LogP contribution in [0.2, 0.25) is 0 Å². The molecule has 0 saturated carbocycles. The van der Waals surface area contributed by atoms with Crippen LogP contribution < -0.4 is 10.1 Å². The van der Waals surface area contributed by atoms with Gasteiger partial charge in [0.05, 0.1) is 10.7 Å². The molecule has 1 saturated heterocycles. The van der Waals surface area contributed by atoms with Crippen LogP contribution >= 0.6 is 11.3 Å². The lowest BCUT2D eigenvalue weighted by molar-refractivity contribution is -0.134. The summed E-state index contributed by atoms with van der Waals surface area (Å²) in [6.07, 6.45) is 1.65. The maximum atomic E-state index is 12.6. The van der Waals surface area contributed by atoms with Crippen molar-refractivity contribution >= 4 is 29.0 Å². The standard InChI is InChI=1S/C24H29N5O3S/c1-15-5-6-19(11-16(15)2)32-13-22(30)29-9-7-18(8-10-29)24-25-20(14-33-24)23(31)26-21-12-17(3)27-28(21)4/h5-6,11-12,14,18H,7-10,13H2,1-4H3,(H,26,31). The fourth-order valence-corrected chi connectivity index (χ4v) is 4.87.